The zero-order valence-electron chi connectivity index (χ0n) is 11.0. The van der Waals surface area contributed by atoms with Gasteiger partial charge in [0.25, 0.3) is 0 Å². The molecule has 0 aromatic heterocycles. The molecule has 5 heteroatoms. The molecule has 0 unspecified atom stereocenters. The van der Waals surface area contributed by atoms with Gasteiger partial charge in [0, 0.05) is 28.0 Å². The zero-order chi connectivity index (χ0) is 14.5. The van der Waals surface area contributed by atoms with Gasteiger partial charge in [-0.05, 0) is 31.2 Å². The van der Waals surface area contributed by atoms with Gasteiger partial charge in [0.15, 0.2) is 0 Å². The Bertz CT molecular complexity index is 665. The minimum Gasteiger partial charge on any atom is -0.494 e. The number of hydrogen-bond acceptors (Lipinski definition) is 4. The van der Waals surface area contributed by atoms with Gasteiger partial charge in [-0.3, -0.25) is 0 Å². The largest absolute Gasteiger partial charge is 0.494 e. The van der Waals surface area contributed by atoms with E-state index in [2.05, 4.69) is 27.3 Å². The summed E-state index contributed by atoms with van der Waals surface area (Å²) < 4.78 is 6.35. The fourth-order valence-electron chi connectivity index (χ4n) is 1.82. The molecule has 0 atom stereocenters. The highest BCUT2D eigenvalue weighted by Crippen LogP contribution is 2.28. The minimum absolute atomic E-state index is 0.564. The van der Waals surface area contributed by atoms with Gasteiger partial charge in [0.05, 0.1) is 17.9 Å². The van der Waals surface area contributed by atoms with E-state index in [0.29, 0.717) is 23.6 Å². The lowest BCUT2D eigenvalue weighted by Crippen LogP contribution is -1.98. The van der Waals surface area contributed by atoms with Crippen LogP contribution in [0.3, 0.4) is 0 Å². The fourth-order valence-corrected chi connectivity index (χ4v) is 2.18. The normalized spacial score (nSPS) is 9.85. The van der Waals surface area contributed by atoms with E-state index in [1.807, 2.05) is 25.1 Å². The second-order valence-electron chi connectivity index (χ2n) is 4.15. The van der Waals surface area contributed by atoms with Crippen LogP contribution in [0.1, 0.15) is 12.5 Å². The number of halogens is 1. The zero-order valence-corrected chi connectivity index (χ0v) is 12.6. The summed E-state index contributed by atoms with van der Waals surface area (Å²) in [4.78, 5) is 0. The summed E-state index contributed by atoms with van der Waals surface area (Å²) in [6.45, 7) is 2.49. The van der Waals surface area contributed by atoms with Crippen molar-refractivity contribution in [2.45, 2.75) is 6.92 Å². The lowest BCUT2D eigenvalue weighted by molar-refractivity contribution is 0.340. The second-order valence-corrected chi connectivity index (χ2v) is 5.07. The van der Waals surface area contributed by atoms with Gasteiger partial charge in [0.2, 0.25) is 0 Å². The van der Waals surface area contributed by atoms with Crippen molar-refractivity contribution in [3.8, 4) is 11.8 Å². The molecule has 0 saturated heterocycles. The molecule has 2 aromatic rings. The number of hydrogen-bond donors (Lipinski definition) is 2. The van der Waals surface area contributed by atoms with Gasteiger partial charge < -0.3 is 15.8 Å². The molecule has 0 aliphatic rings. The molecule has 0 amide bonds. The van der Waals surface area contributed by atoms with Gasteiger partial charge in [-0.2, -0.15) is 5.26 Å². The maximum Gasteiger partial charge on any atom is 0.123 e. The molecule has 4 nitrogen and oxygen atoms in total. The van der Waals surface area contributed by atoms with Crippen LogP contribution in [0.2, 0.25) is 0 Å². The third-order valence-corrected chi connectivity index (χ3v) is 3.11. The number of ether oxygens (including phenoxy) is 1. The summed E-state index contributed by atoms with van der Waals surface area (Å²) in [6, 6.07) is 13.0. The van der Waals surface area contributed by atoms with Crippen LogP contribution >= 0.6 is 15.9 Å². The Kier molecular flexibility index (Phi) is 4.49. The maximum atomic E-state index is 9.13. The molecule has 20 heavy (non-hydrogen) atoms. The SMILES string of the molecule is CCOc1cc(N)cc(Nc2cc(Br)ccc2C#N)c1. The van der Waals surface area contributed by atoms with Gasteiger partial charge in [-0.25, -0.2) is 0 Å². The number of nitrogens with two attached hydrogens (primary N) is 1. The Morgan fingerprint density at radius 2 is 2.10 bits per heavy atom. The highest BCUT2D eigenvalue weighted by molar-refractivity contribution is 9.10. The van der Waals surface area contributed by atoms with Crippen molar-refractivity contribution < 1.29 is 4.74 Å². The number of rotatable bonds is 4. The summed E-state index contributed by atoms with van der Waals surface area (Å²) in [5.41, 5.74) is 8.51. The molecule has 0 aliphatic heterocycles. The first-order valence-corrected chi connectivity index (χ1v) is 6.91. The van der Waals surface area contributed by atoms with Crippen LogP contribution in [0, 0.1) is 11.3 Å². The molecule has 0 radical (unpaired) electrons. The van der Waals surface area contributed by atoms with E-state index in [0.717, 1.165) is 15.8 Å². The predicted molar refractivity (Wildman–Crippen MR) is 84.2 cm³/mol. The second kappa shape index (κ2) is 6.31. The first-order valence-electron chi connectivity index (χ1n) is 6.12. The maximum absolute atomic E-state index is 9.13. The van der Waals surface area contributed by atoms with E-state index in [1.54, 1.807) is 18.2 Å². The van der Waals surface area contributed by atoms with Crippen LogP contribution in [-0.2, 0) is 0 Å². The molecule has 0 spiro atoms. The van der Waals surface area contributed by atoms with Crippen LogP contribution < -0.4 is 15.8 Å². The molecule has 2 rings (SSSR count). The third kappa shape index (κ3) is 3.43. The Labute approximate surface area is 126 Å². The average molecular weight is 332 g/mol. The first kappa shape index (κ1) is 14.2. The molecule has 0 bridgehead atoms. The van der Waals surface area contributed by atoms with Crippen LogP contribution in [0.5, 0.6) is 5.75 Å². The van der Waals surface area contributed by atoms with Crippen molar-refractivity contribution in [3.63, 3.8) is 0 Å². The fraction of sp³-hybridized carbons (Fsp3) is 0.133. The third-order valence-electron chi connectivity index (χ3n) is 2.62. The van der Waals surface area contributed by atoms with E-state index < -0.39 is 0 Å². The molecule has 0 fully saturated rings. The number of nitrogen functional groups attached to an aromatic ring is 1. The minimum atomic E-state index is 0.564. The predicted octanol–water partition coefficient (Wildman–Crippen LogP) is 4.05. The lowest BCUT2D eigenvalue weighted by Gasteiger charge is -2.12. The number of anilines is 3. The molecule has 0 aliphatic carbocycles. The molecule has 102 valence electrons. The molecule has 2 aromatic carbocycles. The van der Waals surface area contributed by atoms with Crippen LogP contribution in [-0.4, -0.2) is 6.61 Å². The van der Waals surface area contributed by atoms with Gasteiger partial charge in [0.1, 0.15) is 11.8 Å². The van der Waals surface area contributed by atoms with Crippen molar-refractivity contribution in [2.75, 3.05) is 17.7 Å². The summed E-state index contributed by atoms with van der Waals surface area (Å²) in [7, 11) is 0. The van der Waals surface area contributed by atoms with Crippen molar-refractivity contribution in [1.29, 1.82) is 5.26 Å². The number of nitrogens with one attached hydrogen (secondary N) is 1. The smallest absolute Gasteiger partial charge is 0.123 e. The topological polar surface area (TPSA) is 71.1 Å². The average Bonchev–Trinajstić information content (AvgIpc) is 2.38. The lowest BCUT2D eigenvalue weighted by atomic mass is 10.2. The van der Waals surface area contributed by atoms with Crippen LogP contribution in [0.4, 0.5) is 17.1 Å². The summed E-state index contributed by atoms with van der Waals surface area (Å²) in [5.74, 6) is 0.698. The monoisotopic (exact) mass is 331 g/mol. The standard InChI is InChI=1S/C15H14BrN3O/c1-2-20-14-7-12(18)6-13(8-14)19-15-5-11(16)4-3-10(15)9-17/h3-8,19H,2,18H2,1H3. The number of nitrogens with zero attached hydrogens (tertiary/aromatic N) is 1. The quantitative estimate of drug-likeness (QED) is 0.829. The number of nitriles is 1. The molecular weight excluding hydrogens is 318 g/mol. The Balaban J connectivity index is 2.35. The van der Waals surface area contributed by atoms with E-state index in [9.17, 15) is 0 Å². The van der Waals surface area contributed by atoms with E-state index >= 15 is 0 Å². The van der Waals surface area contributed by atoms with Crippen molar-refractivity contribution in [3.05, 3.63) is 46.4 Å². The summed E-state index contributed by atoms with van der Waals surface area (Å²) in [6.07, 6.45) is 0. The van der Waals surface area contributed by atoms with Gasteiger partial charge in [-0.15, -0.1) is 0 Å². The van der Waals surface area contributed by atoms with Crippen molar-refractivity contribution in [2.24, 2.45) is 0 Å². The van der Waals surface area contributed by atoms with Gasteiger partial charge in [-0.1, -0.05) is 15.9 Å². The molecular formula is C15H14BrN3O. The molecule has 0 saturated carbocycles. The summed E-state index contributed by atoms with van der Waals surface area (Å²) >= 11 is 3.39. The van der Waals surface area contributed by atoms with E-state index in [-0.39, 0.29) is 0 Å². The van der Waals surface area contributed by atoms with E-state index in [4.69, 9.17) is 15.7 Å². The van der Waals surface area contributed by atoms with Crippen molar-refractivity contribution in [1.82, 2.24) is 0 Å². The number of benzene rings is 2. The molecule has 0 heterocycles. The van der Waals surface area contributed by atoms with Crippen LogP contribution in [0.25, 0.3) is 0 Å². The highest BCUT2D eigenvalue weighted by Gasteiger charge is 2.05. The molecule has 3 N–H and O–H groups in total. The van der Waals surface area contributed by atoms with Crippen LogP contribution in [0.15, 0.2) is 40.9 Å². The van der Waals surface area contributed by atoms with Crippen molar-refractivity contribution >= 4 is 33.0 Å². The van der Waals surface area contributed by atoms with E-state index in [1.165, 1.54) is 0 Å². The Morgan fingerprint density at radius 3 is 2.80 bits per heavy atom. The highest BCUT2D eigenvalue weighted by atomic mass is 79.9. The first-order chi connectivity index (χ1) is 9.62. The summed E-state index contributed by atoms with van der Waals surface area (Å²) in [5, 5.41) is 12.3. The van der Waals surface area contributed by atoms with Gasteiger partial charge >= 0.3 is 0 Å². The Hall–Kier alpha value is -2.19. The Morgan fingerprint density at radius 1 is 1.30 bits per heavy atom.